The van der Waals surface area contributed by atoms with Crippen LogP contribution in [0, 0.1) is 28.9 Å². The van der Waals surface area contributed by atoms with E-state index in [-0.39, 0.29) is 24.6 Å². The lowest BCUT2D eigenvalue weighted by Crippen LogP contribution is -2.45. The highest BCUT2D eigenvalue weighted by molar-refractivity contribution is 7.18. The molecule has 39 heavy (non-hydrogen) atoms. The number of hydrogen-bond acceptors (Lipinski definition) is 7. The molecule has 3 aromatic heterocycles. The van der Waals surface area contributed by atoms with Gasteiger partial charge in [-0.3, -0.25) is 9.20 Å². The topological polar surface area (TPSA) is 112 Å². The van der Waals surface area contributed by atoms with Gasteiger partial charge in [0.15, 0.2) is 4.96 Å². The van der Waals surface area contributed by atoms with E-state index in [0.717, 1.165) is 17.7 Å². The molecule has 0 saturated carbocycles. The van der Waals surface area contributed by atoms with Gasteiger partial charge in [-0.05, 0) is 18.2 Å². The number of nitriles is 1. The smallest absolute Gasteiger partial charge is 0.265 e. The van der Waals surface area contributed by atoms with E-state index in [1.807, 2.05) is 12.1 Å². The number of rotatable bonds is 8. The van der Waals surface area contributed by atoms with E-state index in [1.165, 1.54) is 39.6 Å². The van der Waals surface area contributed by atoms with Crippen LogP contribution >= 0.6 is 11.3 Å². The van der Waals surface area contributed by atoms with E-state index in [2.05, 4.69) is 21.1 Å². The molecule has 0 saturated heterocycles. The second-order valence-corrected chi connectivity index (χ2v) is 10.3. The molecule has 3 heterocycles. The maximum absolute atomic E-state index is 14.8. The molecule has 5 aromatic rings. The second kappa shape index (κ2) is 10.4. The van der Waals surface area contributed by atoms with Crippen LogP contribution < -0.4 is 0 Å². The summed E-state index contributed by atoms with van der Waals surface area (Å²) in [5.74, 6) is -2.62. The first-order valence-corrected chi connectivity index (χ1v) is 12.7. The zero-order chi connectivity index (χ0) is 27.7. The summed E-state index contributed by atoms with van der Waals surface area (Å²) in [5, 5.41) is 24.7. The molecule has 1 amide bonds. The monoisotopic (exact) mass is 547 g/mol. The summed E-state index contributed by atoms with van der Waals surface area (Å²) in [4.78, 5) is 24.3. The Balaban J connectivity index is 1.36. The van der Waals surface area contributed by atoms with E-state index >= 15 is 0 Å². The molecule has 5 rings (SSSR count). The van der Waals surface area contributed by atoms with E-state index in [1.54, 1.807) is 42.9 Å². The Morgan fingerprint density at radius 2 is 2.00 bits per heavy atom. The Morgan fingerprint density at radius 1 is 1.23 bits per heavy atom. The average molecular weight is 548 g/mol. The SMILES string of the molecule is C[C@@H](CN(C)C(=O)c1cn2cc(-c3ccc(C#N)cc3)nc2s1)[C@](O)(Cn1cncn1)c1ccc(F)cc1F. The van der Waals surface area contributed by atoms with Crippen molar-refractivity contribution in [3.8, 4) is 17.3 Å². The van der Waals surface area contributed by atoms with Crippen LogP contribution in [-0.4, -0.2) is 53.7 Å². The van der Waals surface area contributed by atoms with Crippen molar-refractivity contribution in [1.82, 2.24) is 29.0 Å². The summed E-state index contributed by atoms with van der Waals surface area (Å²) in [7, 11) is 1.60. The Morgan fingerprint density at radius 3 is 2.64 bits per heavy atom. The fraction of sp³-hybridized carbons (Fsp3) is 0.222. The lowest BCUT2D eigenvalue weighted by molar-refractivity contribution is -0.0457. The van der Waals surface area contributed by atoms with Crippen LogP contribution in [0.5, 0.6) is 0 Å². The van der Waals surface area contributed by atoms with Crippen molar-refractivity contribution >= 4 is 22.2 Å². The average Bonchev–Trinajstić information content (AvgIpc) is 3.65. The molecule has 0 bridgehead atoms. The van der Waals surface area contributed by atoms with Crippen LogP contribution in [0.25, 0.3) is 16.2 Å². The van der Waals surface area contributed by atoms with E-state index in [4.69, 9.17) is 5.26 Å². The quantitative estimate of drug-likeness (QED) is 0.313. The predicted octanol–water partition coefficient (Wildman–Crippen LogP) is 4.10. The largest absolute Gasteiger partial charge is 0.383 e. The van der Waals surface area contributed by atoms with E-state index in [9.17, 15) is 18.7 Å². The normalized spacial score (nSPS) is 13.6. The number of thiazole rings is 1. The van der Waals surface area contributed by atoms with Gasteiger partial charge in [-0.2, -0.15) is 10.4 Å². The molecule has 0 fully saturated rings. The number of fused-ring (bicyclic) bond motifs is 1. The molecule has 2 aromatic carbocycles. The molecule has 0 unspecified atom stereocenters. The van der Waals surface area contributed by atoms with Gasteiger partial charge in [-0.1, -0.05) is 36.5 Å². The van der Waals surface area contributed by atoms with Gasteiger partial charge in [-0.15, -0.1) is 0 Å². The number of amides is 1. The van der Waals surface area contributed by atoms with Gasteiger partial charge >= 0.3 is 0 Å². The lowest BCUT2D eigenvalue weighted by Gasteiger charge is -2.36. The summed E-state index contributed by atoms with van der Waals surface area (Å²) in [5.41, 5.74) is 0.202. The second-order valence-electron chi connectivity index (χ2n) is 9.33. The van der Waals surface area contributed by atoms with Crippen molar-refractivity contribution in [2.45, 2.75) is 19.1 Å². The van der Waals surface area contributed by atoms with Crippen molar-refractivity contribution in [3.63, 3.8) is 0 Å². The van der Waals surface area contributed by atoms with Crippen molar-refractivity contribution in [2.24, 2.45) is 5.92 Å². The summed E-state index contributed by atoms with van der Waals surface area (Å²) < 4.78 is 31.6. The Kier molecular flexibility index (Phi) is 6.94. The van der Waals surface area contributed by atoms with E-state index in [0.29, 0.717) is 21.1 Å². The first-order valence-electron chi connectivity index (χ1n) is 11.9. The van der Waals surface area contributed by atoms with E-state index < -0.39 is 23.2 Å². The minimum atomic E-state index is -1.82. The number of carbonyl (C=O) groups excluding carboxylic acids is 1. The van der Waals surface area contributed by atoms with Crippen molar-refractivity contribution in [3.05, 3.63) is 95.2 Å². The summed E-state index contributed by atoms with van der Waals surface area (Å²) >= 11 is 1.22. The molecule has 9 nitrogen and oxygen atoms in total. The highest BCUT2D eigenvalue weighted by Crippen LogP contribution is 2.34. The maximum Gasteiger partial charge on any atom is 0.265 e. The molecule has 0 radical (unpaired) electrons. The molecule has 1 N–H and O–H groups in total. The van der Waals surface area contributed by atoms with Crippen LogP contribution in [0.2, 0.25) is 0 Å². The van der Waals surface area contributed by atoms with Crippen molar-refractivity contribution < 1.29 is 18.7 Å². The van der Waals surface area contributed by atoms with Gasteiger partial charge in [0.1, 0.15) is 34.8 Å². The molecule has 0 aliphatic carbocycles. The van der Waals surface area contributed by atoms with Crippen LogP contribution in [-0.2, 0) is 12.1 Å². The molecular formula is C27H23F2N7O2S. The number of nitrogens with zero attached hydrogens (tertiary/aromatic N) is 7. The van der Waals surface area contributed by atoms with Crippen LogP contribution in [0.4, 0.5) is 8.78 Å². The molecule has 0 aliphatic rings. The number of halogens is 2. The van der Waals surface area contributed by atoms with Gasteiger partial charge < -0.3 is 10.0 Å². The third kappa shape index (κ3) is 5.14. The molecule has 0 aliphatic heterocycles. The highest BCUT2D eigenvalue weighted by Gasteiger charge is 2.40. The molecule has 12 heteroatoms. The summed E-state index contributed by atoms with van der Waals surface area (Å²) in [6.07, 6.45) is 6.18. The molecule has 198 valence electrons. The lowest BCUT2D eigenvalue weighted by atomic mass is 9.81. The third-order valence-corrected chi connectivity index (χ3v) is 7.64. The minimum absolute atomic E-state index is 0.0670. The first-order chi connectivity index (χ1) is 18.7. The van der Waals surface area contributed by atoms with Crippen molar-refractivity contribution in [2.75, 3.05) is 13.6 Å². The third-order valence-electron chi connectivity index (χ3n) is 6.65. The number of benzene rings is 2. The zero-order valence-electron chi connectivity index (χ0n) is 21.0. The van der Waals surface area contributed by atoms with Gasteiger partial charge in [0.25, 0.3) is 5.91 Å². The van der Waals surface area contributed by atoms with Gasteiger partial charge in [0.05, 0.1) is 23.9 Å². The number of hydrogen-bond donors (Lipinski definition) is 1. The number of aromatic nitrogens is 5. The number of imidazole rings is 1. The van der Waals surface area contributed by atoms with Gasteiger partial charge in [0, 0.05) is 49.1 Å². The first kappa shape index (κ1) is 26.1. The highest BCUT2D eigenvalue weighted by atomic mass is 32.1. The zero-order valence-corrected chi connectivity index (χ0v) is 21.8. The van der Waals surface area contributed by atoms with Crippen molar-refractivity contribution in [1.29, 1.82) is 5.26 Å². The number of aliphatic hydroxyl groups is 1. The Bertz CT molecular complexity index is 1640. The standard InChI is InChI=1S/C27H23F2N7O2S/c1-17(27(38,14-36-16-31-15-32-36)21-8-7-20(28)9-22(21)29)11-34(2)25(37)24-13-35-12-23(33-26(35)39-24)19-5-3-18(10-30)4-6-19/h3-9,12-13,15-17,38H,11,14H2,1-2H3/t17-,27+/m0/s1. The summed E-state index contributed by atoms with van der Waals surface area (Å²) in [6, 6.07) is 12.2. The van der Waals surface area contributed by atoms with Gasteiger partial charge in [-0.25, -0.2) is 23.4 Å². The fourth-order valence-corrected chi connectivity index (χ4v) is 5.45. The number of carbonyl (C=O) groups is 1. The van der Waals surface area contributed by atoms with Gasteiger partial charge in [0.2, 0.25) is 0 Å². The molecule has 0 spiro atoms. The molecular weight excluding hydrogens is 524 g/mol. The Labute approximate surface area is 226 Å². The van der Waals surface area contributed by atoms with Crippen LogP contribution in [0.1, 0.15) is 27.7 Å². The van der Waals surface area contributed by atoms with Crippen LogP contribution in [0.15, 0.2) is 67.5 Å². The predicted molar refractivity (Wildman–Crippen MR) is 140 cm³/mol. The minimum Gasteiger partial charge on any atom is -0.383 e. The van der Waals surface area contributed by atoms with Crippen LogP contribution in [0.3, 0.4) is 0 Å². The fourth-order valence-electron chi connectivity index (χ4n) is 4.49. The molecule has 2 atom stereocenters. The summed E-state index contributed by atoms with van der Waals surface area (Å²) in [6.45, 7) is 1.61. The maximum atomic E-state index is 14.8. The Hall–Kier alpha value is -4.47.